The summed E-state index contributed by atoms with van der Waals surface area (Å²) in [5.41, 5.74) is -0.692. The molecule has 0 aliphatic carbocycles. The van der Waals surface area contributed by atoms with Gasteiger partial charge in [0.2, 0.25) is 0 Å². The fourth-order valence-corrected chi connectivity index (χ4v) is 4.97. The molecule has 3 aliphatic heterocycles. The van der Waals surface area contributed by atoms with E-state index in [9.17, 15) is 13.5 Å². The molecule has 116 valence electrons. The lowest BCUT2D eigenvalue weighted by Gasteiger charge is -2.47. The number of hydrogen-bond donors (Lipinski definition) is 2. The lowest BCUT2D eigenvalue weighted by molar-refractivity contribution is -0.0755. The summed E-state index contributed by atoms with van der Waals surface area (Å²) in [6.07, 6.45) is 1.24. The van der Waals surface area contributed by atoms with Gasteiger partial charge in [-0.15, -0.1) is 0 Å². The average molecular weight is 305 g/mol. The number of hydrogen-bond acceptors (Lipinski definition) is 5. The molecule has 0 aromatic rings. The van der Waals surface area contributed by atoms with Crippen LogP contribution < -0.4 is 5.32 Å². The first-order valence-electron chi connectivity index (χ1n) is 7.28. The van der Waals surface area contributed by atoms with Crippen LogP contribution in [0.3, 0.4) is 0 Å². The molecule has 2 N–H and O–H groups in total. The summed E-state index contributed by atoms with van der Waals surface area (Å²) in [4.78, 5) is 0. The van der Waals surface area contributed by atoms with Gasteiger partial charge in [0.15, 0.2) is 0 Å². The number of aliphatic hydroxyl groups is 1. The van der Waals surface area contributed by atoms with Gasteiger partial charge in [-0.25, -0.2) is 0 Å². The Morgan fingerprint density at radius 2 is 1.90 bits per heavy atom. The van der Waals surface area contributed by atoms with E-state index in [2.05, 4.69) is 5.32 Å². The third-order valence-electron chi connectivity index (χ3n) is 4.73. The molecule has 0 amide bonds. The highest BCUT2D eigenvalue weighted by atomic mass is 32.2. The minimum Gasteiger partial charge on any atom is -0.389 e. The van der Waals surface area contributed by atoms with E-state index in [1.807, 2.05) is 0 Å². The van der Waals surface area contributed by atoms with E-state index in [0.717, 1.165) is 6.54 Å². The largest absolute Gasteiger partial charge is 0.389 e. The van der Waals surface area contributed by atoms with Crippen molar-refractivity contribution < 1.29 is 18.3 Å². The molecule has 0 spiro atoms. The molecule has 0 aromatic carbocycles. The predicted molar refractivity (Wildman–Crippen MR) is 73.4 cm³/mol. The van der Waals surface area contributed by atoms with Gasteiger partial charge in [-0.1, -0.05) is 0 Å². The Morgan fingerprint density at radius 3 is 2.65 bits per heavy atom. The molecule has 2 atom stereocenters. The van der Waals surface area contributed by atoms with Crippen molar-refractivity contribution in [1.82, 2.24) is 13.9 Å². The van der Waals surface area contributed by atoms with Crippen molar-refractivity contribution in [2.45, 2.75) is 18.4 Å². The van der Waals surface area contributed by atoms with E-state index in [4.69, 9.17) is 4.74 Å². The summed E-state index contributed by atoms with van der Waals surface area (Å²) in [6, 6.07) is 0. The van der Waals surface area contributed by atoms with Gasteiger partial charge in [0.1, 0.15) is 0 Å². The van der Waals surface area contributed by atoms with Crippen molar-refractivity contribution in [2.24, 2.45) is 5.92 Å². The molecule has 0 aromatic heterocycles. The second kappa shape index (κ2) is 5.51. The molecule has 3 heterocycles. The molecule has 3 fully saturated rings. The second-order valence-electron chi connectivity index (χ2n) is 5.88. The average Bonchev–Trinajstić information content (AvgIpc) is 2.47. The molecule has 3 saturated heterocycles. The number of rotatable bonds is 2. The zero-order valence-corrected chi connectivity index (χ0v) is 12.4. The summed E-state index contributed by atoms with van der Waals surface area (Å²) in [5.74, 6) is -0.0131. The smallest absolute Gasteiger partial charge is 0.282 e. The number of ether oxygens (including phenoxy) is 1. The summed E-state index contributed by atoms with van der Waals surface area (Å²) < 4.78 is 33.5. The summed E-state index contributed by atoms with van der Waals surface area (Å²) in [6.45, 7) is 4.08. The van der Waals surface area contributed by atoms with Crippen LogP contribution in [0.1, 0.15) is 12.8 Å². The SMILES string of the molecule is O=S(=O)(N1CCOCC1)N1CC[C@@]2(O)CCNC[C@H]2C1. The third kappa shape index (κ3) is 2.60. The van der Waals surface area contributed by atoms with E-state index in [-0.39, 0.29) is 5.92 Å². The van der Waals surface area contributed by atoms with E-state index in [1.165, 1.54) is 8.61 Å². The van der Waals surface area contributed by atoms with Crippen LogP contribution in [0.5, 0.6) is 0 Å². The van der Waals surface area contributed by atoms with E-state index in [1.54, 1.807) is 0 Å². The Kier molecular flexibility index (Phi) is 4.04. The fraction of sp³-hybridized carbons (Fsp3) is 1.00. The van der Waals surface area contributed by atoms with Crippen LogP contribution in [0, 0.1) is 5.92 Å². The Balaban J connectivity index is 1.71. The Labute approximate surface area is 120 Å². The first-order chi connectivity index (χ1) is 9.52. The fourth-order valence-electron chi connectivity index (χ4n) is 3.34. The molecule has 0 unspecified atom stereocenters. The minimum atomic E-state index is -3.41. The first-order valence-corrected chi connectivity index (χ1v) is 8.68. The van der Waals surface area contributed by atoms with Crippen LogP contribution in [0.4, 0.5) is 0 Å². The van der Waals surface area contributed by atoms with E-state index >= 15 is 0 Å². The van der Waals surface area contributed by atoms with E-state index < -0.39 is 15.8 Å². The molecule has 0 bridgehead atoms. The molecule has 0 saturated carbocycles. The van der Waals surface area contributed by atoms with Gasteiger partial charge in [-0.3, -0.25) is 0 Å². The topological polar surface area (TPSA) is 82.1 Å². The first kappa shape index (κ1) is 14.7. The Morgan fingerprint density at radius 1 is 1.15 bits per heavy atom. The molecule has 0 radical (unpaired) electrons. The second-order valence-corrected chi connectivity index (χ2v) is 7.81. The highest BCUT2D eigenvalue weighted by molar-refractivity contribution is 7.86. The summed E-state index contributed by atoms with van der Waals surface area (Å²) in [7, 11) is -3.41. The van der Waals surface area contributed by atoms with Gasteiger partial charge in [0.25, 0.3) is 10.2 Å². The van der Waals surface area contributed by atoms with Gasteiger partial charge < -0.3 is 15.2 Å². The minimum absolute atomic E-state index is 0.0131. The van der Waals surface area contributed by atoms with E-state index in [0.29, 0.717) is 58.8 Å². The lowest BCUT2D eigenvalue weighted by atomic mass is 9.77. The van der Waals surface area contributed by atoms with Crippen molar-refractivity contribution in [1.29, 1.82) is 0 Å². The molecule has 20 heavy (non-hydrogen) atoms. The van der Waals surface area contributed by atoms with Gasteiger partial charge in [0.05, 0.1) is 18.8 Å². The number of piperidine rings is 2. The van der Waals surface area contributed by atoms with Crippen LogP contribution in [0.2, 0.25) is 0 Å². The molecule has 3 aliphatic rings. The Bertz CT molecular complexity index is 452. The van der Waals surface area contributed by atoms with Gasteiger partial charge in [-0.05, 0) is 19.4 Å². The normalized spacial score (nSPS) is 37.5. The highest BCUT2D eigenvalue weighted by Gasteiger charge is 2.46. The van der Waals surface area contributed by atoms with Gasteiger partial charge >= 0.3 is 0 Å². The van der Waals surface area contributed by atoms with Crippen LogP contribution in [-0.4, -0.2) is 80.2 Å². The van der Waals surface area contributed by atoms with Gasteiger partial charge in [0, 0.05) is 38.6 Å². The summed E-state index contributed by atoms with van der Waals surface area (Å²) >= 11 is 0. The summed E-state index contributed by atoms with van der Waals surface area (Å²) in [5, 5.41) is 13.8. The van der Waals surface area contributed by atoms with Crippen LogP contribution in [0.15, 0.2) is 0 Å². The van der Waals surface area contributed by atoms with Crippen molar-refractivity contribution in [3.05, 3.63) is 0 Å². The molecule has 8 heteroatoms. The third-order valence-corrected chi connectivity index (χ3v) is 6.73. The van der Waals surface area contributed by atoms with Crippen molar-refractivity contribution >= 4 is 10.2 Å². The zero-order valence-electron chi connectivity index (χ0n) is 11.6. The molecule has 7 nitrogen and oxygen atoms in total. The number of nitrogens with zero attached hydrogens (tertiary/aromatic N) is 2. The molecule has 3 rings (SSSR count). The van der Waals surface area contributed by atoms with Gasteiger partial charge in [-0.2, -0.15) is 17.0 Å². The van der Waals surface area contributed by atoms with Crippen molar-refractivity contribution in [2.75, 3.05) is 52.5 Å². The predicted octanol–water partition coefficient (Wildman–Crippen LogP) is -1.39. The maximum atomic E-state index is 12.6. The maximum Gasteiger partial charge on any atom is 0.282 e. The van der Waals surface area contributed by atoms with Crippen molar-refractivity contribution in [3.63, 3.8) is 0 Å². The van der Waals surface area contributed by atoms with Crippen LogP contribution in [0.25, 0.3) is 0 Å². The Hall–Kier alpha value is -0.250. The number of morpholine rings is 1. The number of fused-ring (bicyclic) bond motifs is 1. The lowest BCUT2D eigenvalue weighted by Crippen LogP contribution is -2.61. The van der Waals surface area contributed by atoms with Crippen LogP contribution >= 0.6 is 0 Å². The number of nitrogens with one attached hydrogen (secondary N) is 1. The standard InChI is InChI=1S/C12H23N3O4S/c16-12-1-3-13-9-11(12)10-15(4-2-12)20(17,18)14-5-7-19-8-6-14/h11,13,16H,1-10H2/t11-,12-/m0/s1. The molecular formula is C12H23N3O4S. The monoisotopic (exact) mass is 305 g/mol. The molecular weight excluding hydrogens is 282 g/mol. The highest BCUT2D eigenvalue weighted by Crippen LogP contribution is 2.34. The van der Waals surface area contributed by atoms with Crippen molar-refractivity contribution in [3.8, 4) is 0 Å². The quantitative estimate of drug-likeness (QED) is 0.656. The maximum absolute atomic E-state index is 12.6. The van der Waals surface area contributed by atoms with Crippen LogP contribution in [-0.2, 0) is 14.9 Å². The zero-order chi connectivity index (χ0) is 14.2.